The Morgan fingerprint density at radius 3 is 2.05 bits per heavy atom. The van der Waals surface area contributed by atoms with Gasteiger partial charge >= 0.3 is 11.9 Å². The maximum atomic E-state index is 13.5. The van der Waals surface area contributed by atoms with Crippen molar-refractivity contribution in [3.8, 4) is 0 Å². The Bertz CT molecular complexity index is 1450. The van der Waals surface area contributed by atoms with Crippen LogP contribution in [0, 0.1) is 27.3 Å². The molecule has 1 atom stereocenters. The van der Waals surface area contributed by atoms with E-state index in [2.05, 4.69) is 83.7 Å². The minimum absolute atomic E-state index is 0.0109. The second kappa shape index (κ2) is 18.6. The molecule has 0 heterocycles. The van der Waals surface area contributed by atoms with Crippen LogP contribution in [0.2, 0.25) is 0 Å². The fourth-order valence-electron chi connectivity index (χ4n) is 3.81. The predicted molar refractivity (Wildman–Crippen MR) is 214 cm³/mol. The van der Waals surface area contributed by atoms with Crippen molar-refractivity contribution in [2.45, 2.75) is 46.5 Å². The number of ether oxygens (including phenoxy) is 1. The highest BCUT2D eigenvalue weighted by Gasteiger charge is 2.32. The van der Waals surface area contributed by atoms with E-state index in [1.165, 1.54) is 6.92 Å². The van der Waals surface area contributed by atoms with Crippen LogP contribution in [0.3, 0.4) is 0 Å². The van der Waals surface area contributed by atoms with Crippen molar-refractivity contribution in [1.82, 2.24) is 5.32 Å². The van der Waals surface area contributed by atoms with E-state index in [-0.39, 0.29) is 45.9 Å². The van der Waals surface area contributed by atoms with Gasteiger partial charge in [-0.2, -0.15) is 0 Å². The molecule has 0 saturated carbocycles. The zero-order valence-electron chi connectivity index (χ0n) is 23.1. The third kappa shape index (κ3) is 10.4. The first kappa shape index (κ1) is 39.5. The minimum Gasteiger partial charge on any atom is -0.395 e. The topological polar surface area (TPSA) is 151 Å². The number of esters is 2. The van der Waals surface area contributed by atoms with Crippen LogP contribution in [0.1, 0.15) is 66.3 Å². The summed E-state index contributed by atoms with van der Waals surface area (Å²) in [7, 11) is 0. The van der Waals surface area contributed by atoms with Crippen molar-refractivity contribution in [1.29, 1.82) is 0 Å². The second-order valence-electron chi connectivity index (χ2n) is 9.05. The third-order valence-corrected chi connectivity index (χ3v) is 12.2. The Labute approximate surface area is 331 Å². The summed E-state index contributed by atoms with van der Waals surface area (Å²) in [5, 5.41) is 17.4. The van der Waals surface area contributed by atoms with Gasteiger partial charge in [-0.1, -0.05) is 13.8 Å². The van der Waals surface area contributed by atoms with E-state index in [0.29, 0.717) is 32.1 Å². The van der Waals surface area contributed by atoms with E-state index >= 15 is 0 Å². The number of halogens is 6. The van der Waals surface area contributed by atoms with Gasteiger partial charge in [0.2, 0.25) is 11.8 Å². The number of carbonyl (C=O) groups excluding carboxylic acids is 5. The maximum absolute atomic E-state index is 13.5. The SMILES string of the molecule is CCCC(=O)Nc1c(I)cc(I)c(CC(CC)C(=O)OC(=O)c2c(I)c(NC(C)=O)c(I)c(C(=O)NCCO)c2I)c1I. The van der Waals surface area contributed by atoms with Gasteiger partial charge in [-0.15, -0.1) is 0 Å². The minimum atomic E-state index is -0.948. The van der Waals surface area contributed by atoms with E-state index in [1.807, 2.05) is 87.7 Å². The summed E-state index contributed by atoms with van der Waals surface area (Å²) < 4.78 is 8.99. The van der Waals surface area contributed by atoms with E-state index < -0.39 is 29.7 Å². The molecule has 2 aromatic rings. The standard InChI is InChI=1S/C27H27I6N3O7/c1-4-6-16(39)36-23-15(29)10-14(28)13(19(23)30)9-12(5-2)26(41)43-27(42)18-20(31)17(25(40)34-7-8-37)21(32)24(22(18)33)35-11(3)38/h10,12,37H,4-9H2,1-3H3,(H,34,40)(H,35,38)(H,36,39). The molecule has 43 heavy (non-hydrogen) atoms. The Kier molecular flexibility index (Phi) is 17.1. The average Bonchev–Trinajstić information content (AvgIpc) is 2.92. The first-order valence-electron chi connectivity index (χ1n) is 12.8. The number of amides is 3. The molecule has 4 N–H and O–H groups in total. The number of hydrogen-bond donors (Lipinski definition) is 4. The van der Waals surface area contributed by atoms with E-state index in [9.17, 15) is 24.0 Å². The van der Waals surface area contributed by atoms with Gasteiger partial charge in [0.1, 0.15) is 0 Å². The highest BCUT2D eigenvalue weighted by Crippen LogP contribution is 2.37. The summed E-state index contributed by atoms with van der Waals surface area (Å²) in [5.41, 5.74) is 1.89. The highest BCUT2D eigenvalue weighted by atomic mass is 127. The molecular weight excluding hydrogens is 1240 g/mol. The van der Waals surface area contributed by atoms with Crippen molar-refractivity contribution in [3.05, 3.63) is 44.2 Å². The summed E-state index contributed by atoms with van der Waals surface area (Å²) in [4.78, 5) is 64.2. The molecule has 1 unspecified atom stereocenters. The molecule has 0 aliphatic heterocycles. The largest absolute Gasteiger partial charge is 0.395 e. The fraction of sp³-hybridized carbons (Fsp3) is 0.370. The number of benzene rings is 2. The molecular formula is C27H27I6N3O7. The quantitative estimate of drug-likeness (QED) is 0.105. The molecule has 2 rings (SSSR count). The molecule has 0 aliphatic carbocycles. The molecule has 2 aromatic carbocycles. The summed E-state index contributed by atoms with van der Waals surface area (Å²) >= 11 is 12.2. The van der Waals surface area contributed by atoms with Crippen LogP contribution in [-0.2, 0) is 25.5 Å². The van der Waals surface area contributed by atoms with Gasteiger partial charge in [-0.25, -0.2) is 4.79 Å². The van der Waals surface area contributed by atoms with Crippen LogP contribution in [-0.4, -0.2) is 47.9 Å². The number of carbonyl (C=O) groups is 5. The molecule has 0 aromatic heterocycles. The lowest BCUT2D eigenvalue weighted by molar-refractivity contribution is -0.142. The summed E-state index contributed by atoms with van der Waals surface area (Å²) in [5.74, 6) is -3.41. The van der Waals surface area contributed by atoms with Gasteiger partial charge in [0.05, 0.1) is 42.2 Å². The van der Waals surface area contributed by atoms with E-state index in [4.69, 9.17) is 9.84 Å². The van der Waals surface area contributed by atoms with Gasteiger partial charge in [0.15, 0.2) is 0 Å². The lowest BCUT2D eigenvalue weighted by Gasteiger charge is -2.20. The molecule has 3 amide bonds. The van der Waals surface area contributed by atoms with Crippen LogP contribution >= 0.6 is 136 Å². The van der Waals surface area contributed by atoms with Crippen LogP contribution in [0.4, 0.5) is 11.4 Å². The molecule has 0 bridgehead atoms. The van der Waals surface area contributed by atoms with Crippen molar-refractivity contribution in [3.63, 3.8) is 0 Å². The van der Waals surface area contributed by atoms with Gasteiger partial charge in [-0.05, 0) is 166 Å². The molecule has 16 heteroatoms. The molecule has 0 saturated heterocycles. The van der Waals surface area contributed by atoms with E-state index in [1.54, 1.807) is 0 Å². The number of nitrogens with one attached hydrogen (secondary N) is 3. The van der Waals surface area contributed by atoms with Crippen molar-refractivity contribution in [2.24, 2.45) is 5.92 Å². The van der Waals surface area contributed by atoms with Crippen LogP contribution in [0.5, 0.6) is 0 Å². The van der Waals surface area contributed by atoms with Crippen LogP contribution in [0.15, 0.2) is 6.07 Å². The Hall–Kier alpha value is 0.330. The van der Waals surface area contributed by atoms with Crippen molar-refractivity contribution < 1.29 is 33.8 Å². The zero-order valence-corrected chi connectivity index (χ0v) is 36.0. The maximum Gasteiger partial charge on any atom is 0.348 e. The van der Waals surface area contributed by atoms with Gasteiger partial charge in [0, 0.05) is 34.2 Å². The van der Waals surface area contributed by atoms with Crippen molar-refractivity contribution >= 4 is 177 Å². The number of anilines is 2. The number of hydrogen-bond acceptors (Lipinski definition) is 7. The Balaban J connectivity index is 2.48. The second-order valence-corrected chi connectivity index (χ2v) is 15.7. The number of aliphatic hydroxyl groups excluding tert-OH is 1. The van der Waals surface area contributed by atoms with Crippen LogP contribution < -0.4 is 16.0 Å². The molecule has 0 spiro atoms. The summed E-state index contributed by atoms with van der Waals surface area (Å²) in [6.07, 6.45) is 1.77. The lowest BCUT2D eigenvalue weighted by Crippen LogP contribution is -2.30. The Morgan fingerprint density at radius 2 is 1.49 bits per heavy atom. The number of rotatable bonds is 12. The molecule has 0 fully saturated rings. The molecule has 0 radical (unpaired) electrons. The fourth-order valence-corrected chi connectivity index (χ4v) is 12.3. The summed E-state index contributed by atoms with van der Waals surface area (Å²) in [6, 6.07) is 1.94. The molecule has 0 aliphatic rings. The third-order valence-electron chi connectivity index (χ3n) is 5.92. The van der Waals surface area contributed by atoms with E-state index in [0.717, 1.165) is 16.3 Å². The van der Waals surface area contributed by atoms with Gasteiger partial charge in [-0.3, -0.25) is 19.2 Å². The smallest absolute Gasteiger partial charge is 0.348 e. The van der Waals surface area contributed by atoms with Gasteiger partial charge in [0.25, 0.3) is 5.91 Å². The first-order valence-corrected chi connectivity index (χ1v) is 19.3. The average molecular weight is 1270 g/mol. The number of aliphatic hydroxyl groups is 1. The molecule has 234 valence electrons. The monoisotopic (exact) mass is 1270 g/mol. The normalized spacial score (nSPS) is 11.5. The van der Waals surface area contributed by atoms with Crippen LogP contribution in [0.25, 0.3) is 0 Å². The highest BCUT2D eigenvalue weighted by molar-refractivity contribution is 14.1. The zero-order chi connectivity index (χ0) is 32.6. The molecule has 10 nitrogen and oxygen atoms in total. The lowest BCUT2D eigenvalue weighted by atomic mass is 9.96. The van der Waals surface area contributed by atoms with Crippen molar-refractivity contribution in [2.75, 3.05) is 23.8 Å². The Morgan fingerprint density at radius 1 is 0.860 bits per heavy atom. The summed E-state index contributed by atoms with van der Waals surface area (Å²) in [6.45, 7) is 4.76. The predicted octanol–water partition coefficient (Wildman–Crippen LogP) is 6.69. The van der Waals surface area contributed by atoms with Gasteiger partial charge < -0.3 is 25.8 Å². The first-order chi connectivity index (χ1) is 20.2.